The van der Waals surface area contributed by atoms with Crippen LogP contribution in [0.15, 0.2) is 101 Å². The number of allylic oxidation sites excluding steroid dienone is 2. The van der Waals surface area contributed by atoms with Gasteiger partial charge < -0.3 is 10.1 Å². The number of methoxy groups -OCH3 is 1. The third-order valence-corrected chi connectivity index (χ3v) is 7.25. The molecule has 0 bridgehead atoms. The molecule has 7 nitrogen and oxygen atoms in total. The smallest absolute Gasteiger partial charge is 0.290 e. The predicted octanol–water partition coefficient (Wildman–Crippen LogP) is 4.55. The molecule has 2 aliphatic rings. The lowest BCUT2D eigenvalue weighted by Gasteiger charge is -2.41. The Kier molecular flexibility index (Phi) is 5.42. The van der Waals surface area contributed by atoms with Crippen molar-refractivity contribution in [1.82, 2.24) is 0 Å². The van der Waals surface area contributed by atoms with Crippen molar-refractivity contribution in [1.29, 1.82) is 0 Å². The molecular weight excluding hydrogens is 466 g/mol. The molecule has 1 atom stereocenters. The Morgan fingerprint density at radius 2 is 1.46 bits per heavy atom. The van der Waals surface area contributed by atoms with E-state index in [9.17, 15) is 22.6 Å². The standard InChI is InChI=1S/C27H21NO6S/c1-34-23-14-8-7-13-22(23)27(28-17-9-3-2-4-10-17)16-18(35(31,32)33)15-21-24(27)26(30)20-12-6-5-11-19(20)25(21)29/h2-14,16,28H,15H2,1H3,(H,31,32,33). The van der Waals surface area contributed by atoms with Gasteiger partial charge in [-0.05, 0) is 24.3 Å². The molecule has 0 amide bonds. The zero-order valence-electron chi connectivity index (χ0n) is 18.7. The minimum Gasteiger partial charge on any atom is -0.496 e. The maximum absolute atomic E-state index is 14.0. The highest BCUT2D eigenvalue weighted by molar-refractivity contribution is 7.89. The number of benzene rings is 3. The Morgan fingerprint density at radius 1 is 0.857 bits per heavy atom. The van der Waals surface area contributed by atoms with Gasteiger partial charge in [0.15, 0.2) is 11.6 Å². The highest BCUT2D eigenvalue weighted by Crippen LogP contribution is 2.49. The molecule has 0 fully saturated rings. The van der Waals surface area contributed by atoms with Crippen molar-refractivity contribution < 1.29 is 27.3 Å². The van der Waals surface area contributed by atoms with Gasteiger partial charge in [0, 0.05) is 39.9 Å². The molecular formula is C27H21NO6S. The molecule has 3 aromatic carbocycles. The van der Waals surface area contributed by atoms with Gasteiger partial charge in [0.2, 0.25) is 0 Å². The first-order valence-electron chi connectivity index (χ1n) is 10.8. The first-order chi connectivity index (χ1) is 16.8. The predicted molar refractivity (Wildman–Crippen MR) is 131 cm³/mol. The average Bonchev–Trinajstić information content (AvgIpc) is 2.87. The molecule has 3 aromatic rings. The van der Waals surface area contributed by atoms with E-state index in [1.807, 2.05) is 6.07 Å². The third kappa shape index (κ3) is 3.67. The van der Waals surface area contributed by atoms with Crippen LogP contribution >= 0.6 is 0 Å². The van der Waals surface area contributed by atoms with Crippen molar-refractivity contribution in [2.24, 2.45) is 0 Å². The van der Waals surface area contributed by atoms with E-state index in [0.29, 0.717) is 17.0 Å². The van der Waals surface area contributed by atoms with E-state index >= 15 is 0 Å². The zero-order valence-corrected chi connectivity index (χ0v) is 19.5. The van der Waals surface area contributed by atoms with Gasteiger partial charge in [-0.1, -0.05) is 60.7 Å². The lowest BCUT2D eigenvalue weighted by Crippen LogP contribution is -2.45. The third-order valence-electron chi connectivity index (χ3n) is 6.32. The minimum atomic E-state index is -4.70. The van der Waals surface area contributed by atoms with Crippen LogP contribution in [0.2, 0.25) is 0 Å². The molecule has 35 heavy (non-hydrogen) atoms. The largest absolute Gasteiger partial charge is 0.496 e. The molecule has 0 spiro atoms. The fourth-order valence-electron chi connectivity index (χ4n) is 4.82. The molecule has 1 unspecified atom stereocenters. The number of carbonyl (C=O) groups is 2. The van der Waals surface area contributed by atoms with E-state index in [0.717, 1.165) is 0 Å². The van der Waals surface area contributed by atoms with E-state index in [2.05, 4.69) is 5.32 Å². The van der Waals surface area contributed by atoms with Crippen LogP contribution in [0.3, 0.4) is 0 Å². The molecule has 5 rings (SSSR count). The Bertz CT molecular complexity index is 1540. The lowest BCUT2D eigenvalue weighted by atomic mass is 9.68. The summed E-state index contributed by atoms with van der Waals surface area (Å²) >= 11 is 0. The van der Waals surface area contributed by atoms with Crippen LogP contribution in [0.5, 0.6) is 5.75 Å². The van der Waals surface area contributed by atoms with Gasteiger partial charge >= 0.3 is 0 Å². The number of nitrogens with one attached hydrogen (secondary N) is 1. The molecule has 0 aliphatic heterocycles. The van der Waals surface area contributed by atoms with Crippen molar-refractivity contribution >= 4 is 27.4 Å². The van der Waals surface area contributed by atoms with Gasteiger partial charge in [0.1, 0.15) is 11.3 Å². The van der Waals surface area contributed by atoms with Crippen molar-refractivity contribution in [3.63, 3.8) is 0 Å². The van der Waals surface area contributed by atoms with Crippen molar-refractivity contribution in [2.75, 3.05) is 12.4 Å². The molecule has 0 aromatic heterocycles. The summed E-state index contributed by atoms with van der Waals surface area (Å²) in [6, 6.07) is 22.2. The van der Waals surface area contributed by atoms with Gasteiger partial charge in [0.05, 0.1) is 12.0 Å². The van der Waals surface area contributed by atoms with E-state index in [1.165, 1.54) is 13.2 Å². The second-order valence-electron chi connectivity index (χ2n) is 8.32. The average molecular weight is 488 g/mol. The van der Waals surface area contributed by atoms with E-state index in [4.69, 9.17) is 4.74 Å². The number of ketones is 2. The van der Waals surface area contributed by atoms with Gasteiger partial charge in [0.25, 0.3) is 10.1 Å². The molecule has 2 N–H and O–H groups in total. The van der Waals surface area contributed by atoms with Crippen LogP contribution in [0, 0.1) is 0 Å². The first kappa shape index (κ1) is 22.8. The first-order valence-corrected chi connectivity index (χ1v) is 12.3. The van der Waals surface area contributed by atoms with Gasteiger partial charge in [-0.15, -0.1) is 0 Å². The van der Waals surface area contributed by atoms with Gasteiger partial charge in [-0.3, -0.25) is 14.1 Å². The summed E-state index contributed by atoms with van der Waals surface area (Å²) in [6.45, 7) is 0. The molecule has 2 aliphatic carbocycles. The molecule has 0 saturated heterocycles. The van der Waals surface area contributed by atoms with E-state index < -0.39 is 33.6 Å². The van der Waals surface area contributed by atoms with Crippen LogP contribution in [-0.2, 0) is 15.7 Å². The van der Waals surface area contributed by atoms with Crippen LogP contribution in [-0.4, -0.2) is 31.6 Å². The summed E-state index contributed by atoms with van der Waals surface area (Å²) < 4.78 is 40.5. The van der Waals surface area contributed by atoms with Gasteiger partial charge in [-0.25, -0.2) is 0 Å². The normalized spacial score (nSPS) is 19.5. The summed E-state index contributed by atoms with van der Waals surface area (Å²) in [5, 5.41) is 3.31. The molecule has 0 radical (unpaired) electrons. The summed E-state index contributed by atoms with van der Waals surface area (Å²) in [6.07, 6.45) is 0.908. The fourth-order valence-corrected chi connectivity index (χ4v) is 5.47. The second kappa shape index (κ2) is 8.33. The monoisotopic (exact) mass is 487 g/mol. The van der Waals surface area contributed by atoms with E-state index in [-0.39, 0.29) is 27.2 Å². The number of Topliss-reactive ketones (excluding diaryl/α,β-unsaturated/α-hetero) is 2. The number of ether oxygens (including phenoxy) is 1. The summed E-state index contributed by atoms with van der Waals surface area (Å²) in [4.78, 5) is 27.2. The molecule has 176 valence electrons. The number of anilines is 1. The Hall–Kier alpha value is -4.01. The molecule has 8 heteroatoms. The van der Waals surface area contributed by atoms with E-state index in [1.54, 1.807) is 72.8 Å². The number of para-hydroxylation sites is 2. The quantitative estimate of drug-likeness (QED) is 0.508. The number of hydrogen-bond acceptors (Lipinski definition) is 6. The maximum atomic E-state index is 14.0. The molecule has 0 saturated carbocycles. The number of carbonyl (C=O) groups excluding carboxylic acids is 2. The van der Waals surface area contributed by atoms with Crippen LogP contribution in [0.4, 0.5) is 5.69 Å². The highest BCUT2D eigenvalue weighted by atomic mass is 32.2. The van der Waals surface area contributed by atoms with Gasteiger partial charge in [-0.2, -0.15) is 8.42 Å². The number of fused-ring (bicyclic) bond motifs is 1. The maximum Gasteiger partial charge on any atom is 0.290 e. The van der Waals surface area contributed by atoms with Crippen molar-refractivity contribution in [3.8, 4) is 5.75 Å². The van der Waals surface area contributed by atoms with Crippen LogP contribution in [0.25, 0.3) is 0 Å². The summed E-state index contributed by atoms with van der Waals surface area (Å²) in [5.41, 5.74) is -0.111. The van der Waals surface area contributed by atoms with Crippen LogP contribution in [0.1, 0.15) is 32.7 Å². The Morgan fingerprint density at radius 3 is 2.11 bits per heavy atom. The number of rotatable bonds is 5. The SMILES string of the molecule is COc1ccccc1C1(Nc2ccccc2)C=C(S(=O)(=O)O)CC2=C1C(=O)c1ccccc1C2=O. The lowest BCUT2D eigenvalue weighted by molar-refractivity contribution is 0.0963. The summed E-state index contributed by atoms with van der Waals surface area (Å²) in [7, 11) is -3.24. The fraction of sp³-hybridized carbons (Fsp3) is 0.111. The topological polar surface area (TPSA) is 110 Å². The van der Waals surface area contributed by atoms with Crippen molar-refractivity contribution in [3.05, 3.63) is 118 Å². The van der Waals surface area contributed by atoms with Crippen LogP contribution < -0.4 is 10.1 Å². The minimum absolute atomic E-state index is 0.0122. The second-order valence-corrected chi connectivity index (χ2v) is 9.79. The Balaban J connectivity index is 1.90. The summed E-state index contributed by atoms with van der Waals surface area (Å²) in [5.74, 6) is -0.497. The van der Waals surface area contributed by atoms with Crippen molar-refractivity contribution in [2.45, 2.75) is 12.0 Å². The highest BCUT2D eigenvalue weighted by Gasteiger charge is 2.50. The number of hydrogen-bond donors (Lipinski definition) is 2. The Labute approximate surface area is 202 Å². The molecule has 0 heterocycles. The zero-order chi connectivity index (χ0) is 24.8.